The smallest absolute Gasteiger partial charge is 0.335 e. The first-order valence-corrected chi connectivity index (χ1v) is 11.2. The van der Waals surface area contributed by atoms with Crippen LogP contribution >= 0.6 is 0 Å². The lowest BCUT2D eigenvalue weighted by Gasteiger charge is -2.41. The molecule has 1 rings (SSSR count). The molecule has 1 heterocycles. The zero-order valence-electron chi connectivity index (χ0n) is 22.5. The van der Waals surface area contributed by atoms with Crippen LogP contribution in [0.4, 0.5) is 0 Å². The fourth-order valence-corrected chi connectivity index (χ4v) is 2.38. The standard InChI is InChI=1S/C10H16O3.C8H14O3.C8H14O2/c1-4-10(6-13-7-10)5-8(2)9(11)12-3;1-5-10-7(4)11-8(9)6(2)3;1-6(2)7(9)10-8(3,4)5/h2,4-7H2,1,3H3;7H,2,5H2,1,3-4H3;1H2,2-5H3. The molecule has 34 heavy (non-hydrogen) atoms. The number of rotatable bonds is 9. The molecule has 1 unspecified atom stereocenters. The number of esters is 3. The normalized spacial score (nSPS) is 14.4. The van der Waals surface area contributed by atoms with Gasteiger partial charge in [0.1, 0.15) is 5.60 Å². The van der Waals surface area contributed by atoms with E-state index in [1.54, 1.807) is 20.8 Å². The van der Waals surface area contributed by atoms with Crippen LogP contribution in [0.2, 0.25) is 0 Å². The Bertz CT molecular complexity index is 705. The minimum atomic E-state index is -0.482. The Kier molecular flexibility index (Phi) is 16.1. The van der Waals surface area contributed by atoms with Crippen molar-refractivity contribution in [2.24, 2.45) is 5.41 Å². The molecule has 1 fully saturated rings. The summed E-state index contributed by atoms with van der Waals surface area (Å²) in [6.07, 6.45) is 1.23. The Balaban J connectivity index is 0. The van der Waals surface area contributed by atoms with Crippen LogP contribution in [0.3, 0.4) is 0 Å². The second-order valence-electron chi connectivity index (χ2n) is 9.11. The fourth-order valence-electron chi connectivity index (χ4n) is 2.38. The summed E-state index contributed by atoms with van der Waals surface area (Å²) in [5.41, 5.74) is 1.11. The van der Waals surface area contributed by atoms with Crippen LogP contribution in [-0.4, -0.2) is 56.7 Å². The van der Waals surface area contributed by atoms with Crippen molar-refractivity contribution >= 4 is 17.9 Å². The van der Waals surface area contributed by atoms with Gasteiger partial charge in [-0.1, -0.05) is 26.7 Å². The first-order valence-electron chi connectivity index (χ1n) is 11.2. The van der Waals surface area contributed by atoms with E-state index in [9.17, 15) is 14.4 Å². The van der Waals surface area contributed by atoms with Gasteiger partial charge in [-0.15, -0.1) is 0 Å². The summed E-state index contributed by atoms with van der Waals surface area (Å²) in [4.78, 5) is 32.7. The monoisotopic (exact) mass is 484 g/mol. The number of hydrogen-bond donors (Lipinski definition) is 0. The highest BCUT2D eigenvalue weighted by Gasteiger charge is 2.38. The molecule has 196 valence electrons. The van der Waals surface area contributed by atoms with Gasteiger partial charge in [-0.25, -0.2) is 14.4 Å². The summed E-state index contributed by atoms with van der Waals surface area (Å²) < 4.78 is 24.5. The van der Waals surface area contributed by atoms with Gasteiger partial charge in [0.05, 0.1) is 20.3 Å². The molecule has 1 atom stereocenters. The summed E-state index contributed by atoms with van der Waals surface area (Å²) >= 11 is 0. The Morgan fingerprint density at radius 1 is 0.971 bits per heavy atom. The van der Waals surface area contributed by atoms with E-state index in [1.807, 2.05) is 27.7 Å². The average molecular weight is 485 g/mol. The van der Waals surface area contributed by atoms with E-state index >= 15 is 0 Å². The molecule has 1 saturated heterocycles. The van der Waals surface area contributed by atoms with Crippen LogP contribution in [0.1, 0.15) is 68.2 Å². The number of methoxy groups -OCH3 is 1. The fraction of sp³-hybridized carbons (Fsp3) is 0.654. The van der Waals surface area contributed by atoms with E-state index in [-0.39, 0.29) is 17.4 Å². The zero-order valence-corrected chi connectivity index (χ0v) is 22.5. The lowest BCUT2D eigenvalue weighted by molar-refractivity contribution is -0.169. The van der Waals surface area contributed by atoms with Gasteiger partial charge in [-0.2, -0.15) is 0 Å². The predicted molar refractivity (Wildman–Crippen MR) is 132 cm³/mol. The van der Waals surface area contributed by atoms with Gasteiger partial charge in [0, 0.05) is 28.7 Å². The maximum absolute atomic E-state index is 11.1. The van der Waals surface area contributed by atoms with Gasteiger partial charge in [-0.3, -0.25) is 0 Å². The number of hydrogen-bond acceptors (Lipinski definition) is 8. The maximum atomic E-state index is 11.1. The third kappa shape index (κ3) is 15.4. The molecule has 1 aliphatic heterocycles. The number of ether oxygens (including phenoxy) is 5. The molecule has 0 aliphatic carbocycles. The summed E-state index contributed by atoms with van der Waals surface area (Å²) in [6.45, 7) is 26.9. The van der Waals surface area contributed by atoms with Crippen molar-refractivity contribution in [1.82, 2.24) is 0 Å². The lowest BCUT2D eigenvalue weighted by atomic mass is 9.78. The third-order valence-electron chi connectivity index (χ3n) is 4.40. The highest BCUT2D eigenvalue weighted by atomic mass is 16.7. The van der Waals surface area contributed by atoms with Crippen LogP contribution in [0.15, 0.2) is 36.5 Å². The van der Waals surface area contributed by atoms with E-state index < -0.39 is 17.9 Å². The van der Waals surface area contributed by atoms with Crippen molar-refractivity contribution in [3.05, 3.63) is 36.5 Å². The molecule has 8 heteroatoms. The second-order valence-corrected chi connectivity index (χ2v) is 9.11. The van der Waals surface area contributed by atoms with Crippen molar-refractivity contribution in [2.45, 2.75) is 80.1 Å². The Labute approximate surface area is 205 Å². The lowest BCUT2D eigenvalue weighted by Crippen LogP contribution is -2.42. The van der Waals surface area contributed by atoms with Crippen LogP contribution in [-0.2, 0) is 38.1 Å². The van der Waals surface area contributed by atoms with Crippen molar-refractivity contribution < 1.29 is 38.1 Å². The second kappa shape index (κ2) is 16.2. The van der Waals surface area contributed by atoms with Crippen LogP contribution in [0.25, 0.3) is 0 Å². The van der Waals surface area contributed by atoms with E-state index in [0.717, 1.165) is 19.6 Å². The largest absolute Gasteiger partial charge is 0.466 e. The molecule has 0 aromatic heterocycles. The van der Waals surface area contributed by atoms with Gasteiger partial charge in [0.2, 0.25) is 0 Å². The molecule has 0 saturated carbocycles. The van der Waals surface area contributed by atoms with E-state index in [2.05, 4.69) is 31.4 Å². The highest BCUT2D eigenvalue weighted by Crippen LogP contribution is 2.37. The molecule has 0 radical (unpaired) electrons. The molecule has 0 bridgehead atoms. The first kappa shape index (κ1) is 33.7. The summed E-state index contributed by atoms with van der Waals surface area (Å²) in [5.74, 6) is -1.04. The maximum Gasteiger partial charge on any atom is 0.335 e. The summed E-state index contributed by atoms with van der Waals surface area (Å²) in [6, 6.07) is 0. The van der Waals surface area contributed by atoms with Gasteiger partial charge < -0.3 is 23.7 Å². The first-order chi connectivity index (χ1) is 15.5. The molecule has 0 aromatic carbocycles. The number of carbonyl (C=O) groups excluding carboxylic acids is 3. The minimum absolute atomic E-state index is 0.144. The quantitative estimate of drug-likeness (QED) is 0.197. The Morgan fingerprint density at radius 2 is 1.47 bits per heavy atom. The minimum Gasteiger partial charge on any atom is -0.466 e. The van der Waals surface area contributed by atoms with Crippen LogP contribution < -0.4 is 0 Å². The van der Waals surface area contributed by atoms with Gasteiger partial charge >= 0.3 is 17.9 Å². The molecule has 0 amide bonds. The molecule has 0 N–H and O–H groups in total. The average Bonchev–Trinajstić information content (AvgIpc) is 2.69. The molecule has 1 aliphatic rings. The van der Waals surface area contributed by atoms with E-state index in [4.69, 9.17) is 18.9 Å². The zero-order chi connectivity index (χ0) is 27.1. The Hall–Kier alpha value is -2.45. The SMILES string of the molecule is C=C(C)C(=O)OC(C)(C)C.C=C(C)C(=O)OC(C)OCC.C=C(CC1(CC)COC1)C(=O)OC. The number of carbonyl (C=O) groups is 3. The van der Waals surface area contributed by atoms with Crippen molar-refractivity contribution in [3.8, 4) is 0 Å². The van der Waals surface area contributed by atoms with Gasteiger partial charge in [0.15, 0.2) is 6.29 Å². The van der Waals surface area contributed by atoms with E-state index in [1.165, 1.54) is 7.11 Å². The molecule has 0 spiro atoms. The van der Waals surface area contributed by atoms with Crippen molar-refractivity contribution in [3.63, 3.8) is 0 Å². The van der Waals surface area contributed by atoms with Crippen molar-refractivity contribution in [1.29, 1.82) is 0 Å². The van der Waals surface area contributed by atoms with Crippen LogP contribution in [0, 0.1) is 5.41 Å². The molecular weight excluding hydrogens is 440 g/mol. The Morgan fingerprint density at radius 3 is 1.74 bits per heavy atom. The molecule has 8 nitrogen and oxygen atoms in total. The summed E-state index contributed by atoms with van der Waals surface area (Å²) in [7, 11) is 1.38. The van der Waals surface area contributed by atoms with Gasteiger partial charge in [-0.05, 0) is 61.3 Å². The summed E-state index contributed by atoms with van der Waals surface area (Å²) in [5, 5.41) is 0. The van der Waals surface area contributed by atoms with Crippen molar-refractivity contribution in [2.75, 3.05) is 26.9 Å². The third-order valence-corrected chi connectivity index (χ3v) is 4.40. The van der Waals surface area contributed by atoms with E-state index in [0.29, 0.717) is 29.7 Å². The molecular formula is C26H44O8. The topological polar surface area (TPSA) is 97.4 Å². The van der Waals surface area contributed by atoms with Crippen LogP contribution in [0.5, 0.6) is 0 Å². The molecule has 0 aromatic rings. The van der Waals surface area contributed by atoms with Gasteiger partial charge in [0.25, 0.3) is 0 Å². The highest BCUT2D eigenvalue weighted by molar-refractivity contribution is 5.88. The predicted octanol–water partition coefficient (Wildman–Crippen LogP) is 4.92.